The summed E-state index contributed by atoms with van der Waals surface area (Å²) in [7, 11) is 0. The third kappa shape index (κ3) is 3.76. The van der Waals surface area contributed by atoms with Crippen LogP contribution in [0, 0.1) is 5.92 Å². The highest BCUT2D eigenvalue weighted by molar-refractivity contribution is 7.99. The van der Waals surface area contributed by atoms with E-state index >= 15 is 0 Å². The first kappa shape index (κ1) is 15.4. The summed E-state index contributed by atoms with van der Waals surface area (Å²) in [6.45, 7) is 7.60. The number of nitrogens with two attached hydrogens (primary N) is 1. The van der Waals surface area contributed by atoms with Gasteiger partial charge in [0.25, 0.3) is 0 Å². The van der Waals surface area contributed by atoms with E-state index in [2.05, 4.69) is 43.5 Å². The molecule has 1 atom stereocenters. The summed E-state index contributed by atoms with van der Waals surface area (Å²) in [5.41, 5.74) is 8.55. The fourth-order valence-electron chi connectivity index (χ4n) is 2.38. The zero-order valence-electron chi connectivity index (χ0n) is 12.7. The van der Waals surface area contributed by atoms with E-state index in [1.165, 1.54) is 11.3 Å². The highest BCUT2D eigenvalue weighted by Gasteiger charge is 2.13. The summed E-state index contributed by atoms with van der Waals surface area (Å²) in [5, 5.41) is 0. The molecule has 1 unspecified atom stereocenters. The quantitative estimate of drug-likeness (QED) is 0.851. The van der Waals surface area contributed by atoms with Crippen LogP contribution in [0.3, 0.4) is 0 Å². The SMILES string of the molecule is CCn1c(CC(N)CSCC(C)C)nc2ccccc21. The van der Waals surface area contributed by atoms with Gasteiger partial charge in [-0.1, -0.05) is 26.0 Å². The minimum Gasteiger partial charge on any atom is -0.328 e. The first-order chi connectivity index (χ1) is 9.61. The number of aromatic nitrogens is 2. The number of aryl methyl sites for hydroxylation is 1. The van der Waals surface area contributed by atoms with Gasteiger partial charge in [-0.3, -0.25) is 0 Å². The van der Waals surface area contributed by atoms with Crippen molar-refractivity contribution in [3.05, 3.63) is 30.1 Å². The number of benzene rings is 1. The van der Waals surface area contributed by atoms with Crippen LogP contribution in [0.1, 0.15) is 26.6 Å². The van der Waals surface area contributed by atoms with E-state index in [0.717, 1.165) is 36.0 Å². The summed E-state index contributed by atoms with van der Waals surface area (Å²) in [6, 6.07) is 8.50. The van der Waals surface area contributed by atoms with Crippen molar-refractivity contribution in [3.63, 3.8) is 0 Å². The van der Waals surface area contributed by atoms with Crippen molar-refractivity contribution in [1.29, 1.82) is 0 Å². The molecule has 2 aromatic rings. The number of hydrogen-bond donors (Lipinski definition) is 1. The molecule has 4 heteroatoms. The predicted octanol–water partition coefficient (Wildman–Crippen LogP) is 3.32. The summed E-state index contributed by atoms with van der Waals surface area (Å²) < 4.78 is 2.28. The summed E-state index contributed by atoms with van der Waals surface area (Å²) in [6.07, 6.45) is 0.855. The predicted molar refractivity (Wildman–Crippen MR) is 89.2 cm³/mol. The van der Waals surface area contributed by atoms with E-state index in [4.69, 9.17) is 10.7 Å². The van der Waals surface area contributed by atoms with Gasteiger partial charge in [-0.2, -0.15) is 11.8 Å². The lowest BCUT2D eigenvalue weighted by molar-refractivity contribution is 0.651. The Labute approximate surface area is 125 Å². The van der Waals surface area contributed by atoms with Crippen LogP contribution in [0.4, 0.5) is 0 Å². The van der Waals surface area contributed by atoms with E-state index in [1.54, 1.807) is 0 Å². The van der Waals surface area contributed by atoms with Crippen molar-refractivity contribution in [2.75, 3.05) is 11.5 Å². The second kappa shape index (κ2) is 7.14. The molecule has 0 aliphatic rings. The van der Waals surface area contributed by atoms with Crippen molar-refractivity contribution in [3.8, 4) is 0 Å². The van der Waals surface area contributed by atoms with Crippen LogP contribution >= 0.6 is 11.8 Å². The van der Waals surface area contributed by atoms with Crippen molar-refractivity contribution in [2.45, 2.75) is 39.8 Å². The van der Waals surface area contributed by atoms with Crippen LogP contribution in [0.25, 0.3) is 11.0 Å². The molecule has 0 aliphatic heterocycles. The molecular formula is C16H25N3S. The van der Waals surface area contributed by atoms with Crippen LogP contribution in [0.5, 0.6) is 0 Å². The van der Waals surface area contributed by atoms with Crippen LogP contribution in [0.15, 0.2) is 24.3 Å². The Bertz CT molecular complexity index is 548. The Morgan fingerprint density at radius 3 is 2.70 bits per heavy atom. The lowest BCUT2D eigenvalue weighted by Crippen LogP contribution is -2.27. The van der Waals surface area contributed by atoms with E-state index in [1.807, 2.05) is 17.8 Å². The molecule has 20 heavy (non-hydrogen) atoms. The van der Waals surface area contributed by atoms with Gasteiger partial charge in [-0.25, -0.2) is 4.98 Å². The highest BCUT2D eigenvalue weighted by atomic mass is 32.2. The van der Waals surface area contributed by atoms with Crippen LogP contribution in [-0.4, -0.2) is 27.1 Å². The molecule has 2 N–H and O–H groups in total. The van der Waals surface area contributed by atoms with Gasteiger partial charge in [0, 0.05) is 24.8 Å². The minimum atomic E-state index is 0.181. The van der Waals surface area contributed by atoms with Gasteiger partial charge in [0.2, 0.25) is 0 Å². The molecule has 1 aromatic carbocycles. The van der Waals surface area contributed by atoms with Gasteiger partial charge in [-0.05, 0) is 30.7 Å². The molecule has 1 heterocycles. The molecule has 2 rings (SSSR count). The molecule has 0 radical (unpaired) electrons. The first-order valence-electron chi connectivity index (χ1n) is 7.39. The normalized spacial score (nSPS) is 13.2. The molecule has 0 spiro atoms. The Kier molecular flexibility index (Phi) is 5.49. The minimum absolute atomic E-state index is 0.181. The summed E-state index contributed by atoms with van der Waals surface area (Å²) in [4.78, 5) is 4.74. The van der Waals surface area contributed by atoms with Gasteiger partial charge in [0.05, 0.1) is 11.0 Å². The molecule has 0 fully saturated rings. The third-order valence-electron chi connectivity index (χ3n) is 3.28. The number of imidazole rings is 1. The zero-order valence-corrected chi connectivity index (χ0v) is 13.5. The van der Waals surface area contributed by atoms with Crippen molar-refractivity contribution in [1.82, 2.24) is 9.55 Å². The summed E-state index contributed by atoms with van der Waals surface area (Å²) in [5.74, 6) is 4.03. The fraction of sp³-hybridized carbons (Fsp3) is 0.562. The average molecular weight is 291 g/mol. The smallest absolute Gasteiger partial charge is 0.111 e. The van der Waals surface area contributed by atoms with Crippen LogP contribution < -0.4 is 5.73 Å². The second-order valence-corrected chi connectivity index (χ2v) is 6.73. The maximum atomic E-state index is 6.26. The van der Waals surface area contributed by atoms with Crippen LogP contribution in [-0.2, 0) is 13.0 Å². The van der Waals surface area contributed by atoms with Gasteiger partial charge >= 0.3 is 0 Å². The largest absolute Gasteiger partial charge is 0.328 e. The van der Waals surface area contributed by atoms with E-state index in [0.29, 0.717) is 0 Å². The molecule has 1 aromatic heterocycles. The average Bonchev–Trinajstić information content (AvgIpc) is 2.75. The van der Waals surface area contributed by atoms with Gasteiger partial charge in [0.1, 0.15) is 5.82 Å². The Morgan fingerprint density at radius 1 is 1.25 bits per heavy atom. The van der Waals surface area contributed by atoms with Crippen LogP contribution in [0.2, 0.25) is 0 Å². The maximum absolute atomic E-state index is 6.26. The Balaban J connectivity index is 2.05. The van der Waals surface area contributed by atoms with Gasteiger partial charge in [-0.15, -0.1) is 0 Å². The molecule has 110 valence electrons. The third-order valence-corrected chi connectivity index (χ3v) is 4.84. The molecule has 0 saturated heterocycles. The van der Waals surface area contributed by atoms with E-state index < -0.39 is 0 Å². The highest BCUT2D eigenvalue weighted by Crippen LogP contribution is 2.18. The van der Waals surface area contributed by atoms with E-state index in [-0.39, 0.29) is 6.04 Å². The number of thioether (sulfide) groups is 1. The number of nitrogens with zero attached hydrogens (tertiary/aromatic N) is 2. The second-order valence-electron chi connectivity index (χ2n) is 5.66. The number of fused-ring (bicyclic) bond motifs is 1. The van der Waals surface area contributed by atoms with Gasteiger partial charge < -0.3 is 10.3 Å². The molecule has 0 amide bonds. The monoisotopic (exact) mass is 291 g/mol. The van der Waals surface area contributed by atoms with Gasteiger partial charge in [0.15, 0.2) is 0 Å². The first-order valence-corrected chi connectivity index (χ1v) is 8.54. The Morgan fingerprint density at radius 2 is 2.00 bits per heavy atom. The lowest BCUT2D eigenvalue weighted by Gasteiger charge is -2.13. The molecule has 0 saturated carbocycles. The lowest BCUT2D eigenvalue weighted by atomic mass is 10.2. The maximum Gasteiger partial charge on any atom is 0.111 e. The van der Waals surface area contributed by atoms with Crippen molar-refractivity contribution < 1.29 is 0 Å². The summed E-state index contributed by atoms with van der Waals surface area (Å²) >= 11 is 1.95. The number of hydrogen-bond acceptors (Lipinski definition) is 3. The van der Waals surface area contributed by atoms with Crippen molar-refractivity contribution >= 4 is 22.8 Å². The molecule has 0 bridgehead atoms. The standard InChI is InChI=1S/C16H25N3S/c1-4-19-15-8-6-5-7-14(15)18-16(19)9-13(17)11-20-10-12(2)3/h5-8,12-13H,4,9-11,17H2,1-3H3. The van der Waals surface area contributed by atoms with E-state index in [9.17, 15) is 0 Å². The number of rotatable bonds is 7. The zero-order chi connectivity index (χ0) is 14.5. The fourth-order valence-corrected chi connectivity index (χ4v) is 3.41. The molecule has 3 nitrogen and oxygen atoms in total. The topological polar surface area (TPSA) is 43.8 Å². The Hall–Kier alpha value is -1.00. The van der Waals surface area contributed by atoms with Crippen molar-refractivity contribution in [2.24, 2.45) is 11.7 Å². The number of para-hydroxylation sites is 2. The molecular weight excluding hydrogens is 266 g/mol. The molecule has 0 aliphatic carbocycles.